The lowest BCUT2D eigenvalue weighted by Gasteiger charge is -2.26. The Morgan fingerprint density at radius 1 is 1.00 bits per heavy atom. The maximum atomic E-state index is 13.2. The van der Waals surface area contributed by atoms with Gasteiger partial charge in [0.05, 0.1) is 5.69 Å². The van der Waals surface area contributed by atoms with E-state index in [-0.39, 0.29) is 11.3 Å². The number of nitrogens with zero attached hydrogens (tertiary/aromatic N) is 2. The summed E-state index contributed by atoms with van der Waals surface area (Å²) < 4.78 is 15.2. The van der Waals surface area contributed by atoms with E-state index in [9.17, 15) is 18.8 Å². The van der Waals surface area contributed by atoms with Crippen LogP contribution in [0, 0.1) is 12.7 Å². The number of halogens is 1. The van der Waals surface area contributed by atoms with Crippen LogP contribution in [0.15, 0.2) is 54.1 Å². The molecule has 0 aliphatic carbocycles. The van der Waals surface area contributed by atoms with Crippen LogP contribution in [-0.2, 0) is 16.6 Å². The summed E-state index contributed by atoms with van der Waals surface area (Å²) in [5.41, 5.74) is 2.58. The molecule has 4 amide bonds. The normalized spacial score (nSPS) is 16.2. The number of carbonyl (C=O) groups is 3. The highest BCUT2D eigenvalue weighted by Gasteiger charge is 2.37. The minimum Gasteiger partial charge on any atom is -0.347 e. The maximum Gasteiger partial charge on any atom is 0.335 e. The number of nitrogens with one attached hydrogen (secondary N) is 1. The van der Waals surface area contributed by atoms with Crippen LogP contribution in [0.25, 0.3) is 17.0 Å². The maximum absolute atomic E-state index is 13.2. The molecule has 3 aromatic rings. The van der Waals surface area contributed by atoms with E-state index in [0.29, 0.717) is 0 Å². The van der Waals surface area contributed by atoms with E-state index in [2.05, 4.69) is 5.32 Å². The van der Waals surface area contributed by atoms with Gasteiger partial charge in [0.2, 0.25) is 0 Å². The molecule has 4 rings (SSSR count). The van der Waals surface area contributed by atoms with Crippen molar-refractivity contribution in [2.24, 2.45) is 7.05 Å². The molecule has 2 heterocycles. The predicted molar refractivity (Wildman–Crippen MR) is 103 cm³/mol. The number of para-hydroxylation sites is 1. The average molecular weight is 377 g/mol. The Morgan fingerprint density at radius 2 is 1.68 bits per heavy atom. The van der Waals surface area contributed by atoms with E-state index in [1.54, 1.807) is 0 Å². The molecule has 1 fully saturated rings. The summed E-state index contributed by atoms with van der Waals surface area (Å²) in [6.07, 6.45) is 1.50. The second kappa shape index (κ2) is 6.45. The van der Waals surface area contributed by atoms with Crippen molar-refractivity contribution >= 4 is 40.5 Å². The molecule has 28 heavy (non-hydrogen) atoms. The zero-order valence-electron chi connectivity index (χ0n) is 15.2. The molecule has 0 radical (unpaired) electrons. The zero-order chi connectivity index (χ0) is 20.0. The van der Waals surface area contributed by atoms with Crippen molar-refractivity contribution in [3.05, 3.63) is 71.2 Å². The first-order valence-electron chi connectivity index (χ1n) is 8.59. The number of fused-ring (bicyclic) bond motifs is 1. The summed E-state index contributed by atoms with van der Waals surface area (Å²) in [4.78, 5) is 38.4. The van der Waals surface area contributed by atoms with Crippen LogP contribution in [0.5, 0.6) is 0 Å². The van der Waals surface area contributed by atoms with Crippen molar-refractivity contribution in [3.63, 3.8) is 0 Å². The molecule has 0 bridgehead atoms. The molecule has 1 N–H and O–H groups in total. The van der Waals surface area contributed by atoms with Crippen LogP contribution in [-0.4, -0.2) is 22.4 Å². The molecule has 2 aromatic carbocycles. The number of urea groups is 1. The predicted octanol–water partition coefficient (Wildman–Crippen LogP) is 3.29. The number of hydrogen-bond donors (Lipinski definition) is 1. The highest BCUT2D eigenvalue weighted by Crippen LogP contribution is 2.29. The lowest BCUT2D eigenvalue weighted by Crippen LogP contribution is -2.54. The summed E-state index contributed by atoms with van der Waals surface area (Å²) in [6, 6.07) is 11.7. The molecule has 1 aliphatic rings. The Bertz CT molecular complexity index is 1180. The molecule has 1 saturated heterocycles. The monoisotopic (exact) mass is 377 g/mol. The zero-order valence-corrected chi connectivity index (χ0v) is 15.2. The van der Waals surface area contributed by atoms with Gasteiger partial charge < -0.3 is 4.57 Å². The van der Waals surface area contributed by atoms with Crippen LogP contribution in [0.3, 0.4) is 0 Å². The standard InChI is InChI=1S/C21H16FN3O3/c1-12-16(15-5-3-4-6-18(15)24(12)2)11-17-19(26)23-21(28)25(20(17)27)14-9-7-13(22)8-10-14/h3-11H,1-2H3,(H,23,26,28)/b17-11+. The molecule has 0 atom stereocenters. The minimum atomic E-state index is -0.867. The van der Waals surface area contributed by atoms with Gasteiger partial charge in [-0.15, -0.1) is 0 Å². The largest absolute Gasteiger partial charge is 0.347 e. The Morgan fingerprint density at radius 3 is 2.39 bits per heavy atom. The van der Waals surface area contributed by atoms with Gasteiger partial charge in [-0.3, -0.25) is 14.9 Å². The minimum absolute atomic E-state index is 0.164. The van der Waals surface area contributed by atoms with E-state index in [4.69, 9.17) is 0 Å². The van der Waals surface area contributed by atoms with Crippen LogP contribution in [0.4, 0.5) is 14.9 Å². The van der Waals surface area contributed by atoms with E-state index in [1.807, 2.05) is 42.8 Å². The van der Waals surface area contributed by atoms with Gasteiger partial charge >= 0.3 is 6.03 Å². The third-order valence-electron chi connectivity index (χ3n) is 4.92. The highest BCUT2D eigenvalue weighted by atomic mass is 19.1. The van der Waals surface area contributed by atoms with Crippen LogP contribution >= 0.6 is 0 Å². The Hall–Kier alpha value is -3.74. The van der Waals surface area contributed by atoms with E-state index in [0.717, 1.165) is 39.2 Å². The number of hydrogen-bond acceptors (Lipinski definition) is 3. The average Bonchev–Trinajstić information content (AvgIpc) is 2.91. The van der Waals surface area contributed by atoms with Crippen molar-refractivity contribution in [2.75, 3.05) is 4.90 Å². The Kier molecular flexibility index (Phi) is 4.07. The third-order valence-corrected chi connectivity index (χ3v) is 4.92. The molecule has 6 nitrogen and oxygen atoms in total. The summed E-state index contributed by atoms with van der Waals surface area (Å²) in [6.45, 7) is 1.89. The number of amides is 4. The topological polar surface area (TPSA) is 71.4 Å². The fourth-order valence-corrected chi connectivity index (χ4v) is 3.36. The summed E-state index contributed by atoms with van der Waals surface area (Å²) in [5.74, 6) is -2.01. The van der Waals surface area contributed by atoms with E-state index in [1.165, 1.54) is 18.2 Å². The molecular weight excluding hydrogens is 361 g/mol. The first kappa shape index (κ1) is 17.7. The van der Waals surface area contributed by atoms with Crippen LogP contribution in [0.1, 0.15) is 11.3 Å². The fraction of sp³-hybridized carbons (Fsp3) is 0.0952. The number of barbiturate groups is 1. The number of aryl methyl sites for hydroxylation is 1. The van der Waals surface area contributed by atoms with Gasteiger partial charge in [0, 0.05) is 29.2 Å². The number of carbonyl (C=O) groups excluding carboxylic acids is 3. The van der Waals surface area contributed by atoms with Crippen molar-refractivity contribution in [3.8, 4) is 0 Å². The summed E-state index contributed by atoms with van der Waals surface area (Å²) in [7, 11) is 1.90. The molecule has 7 heteroatoms. The third kappa shape index (κ3) is 2.68. The second-order valence-electron chi connectivity index (χ2n) is 6.51. The van der Waals surface area contributed by atoms with Crippen molar-refractivity contribution in [1.29, 1.82) is 0 Å². The Balaban J connectivity index is 1.84. The molecule has 1 aliphatic heterocycles. The van der Waals surface area contributed by atoms with Crippen molar-refractivity contribution < 1.29 is 18.8 Å². The van der Waals surface area contributed by atoms with E-state index >= 15 is 0 Å². The number of benzene rings is 2. The number of rotatable bonds is 2. The lowest BCUT2D eigenvalue weighted by atomic mass is 10.0. The van der Waals surface area contributed by atoms with Crippen LogP contribution < -0.4 is 10.2 Å². The van der Waals surface area contributed by atoms with Crippen LogP contribution in [0.2, 0.25) is 0 Å². The van der Waals surface area contributed by atoms with Crippen molar-refractivity contribution in [2.45, 2.75) is 6.92 Å². The number of imide groups is 2. The molecule has 1 aromatic heterocycles. The highest BCUT2D eigenvalue weighted by molar-refractivity contribution is 6.39. The fourth-order valence-electron chi connectivity index (χ4n) is 3.36. The quantitative estimate of drug-likeness (QED) is 0.550. The van der Waals surface area contributed by atoms with E-state index < -0.39 is 23.7 Å². The smallest absolute Gasteiger partial charge is 0.335 e. The molecule has 0 spiro atoms. The number of anilines is 1. The molecular formula is C21H16FN3O3. The van der Waals surface area contributed by atoms with Gasteiger partial charge in [-0.25, -0.2) is 14.1 Å². The van der Waals surface area contributed by atoms with Gasteiger partial charge in [0.1, 0.15) is 11.4 Å². The lowest BCUT2D eigenvalue weighted by molar-refractivity contribution is -0.122. The van der Waals surface area contributed by atoms with Gasteiger partial charge in [-0.1, -0.05) is 18.2 Å². The second-order valence-corrected chi connectivity index (χ2v) is 6.51. The molecule has 140 valence electrons. The number of aromatic nitrogens is 1. The molecule has 0 unspecified atom stereocenters. The van der Waals surface area contributed by atoms with Gasteiger partial charge in [0.25, 0.3) is 11.8 Å². The SMILES string of the molecule is Cc1c(/C=C2\C(=O)NC(=O)N(c3ccc(F)cc3)C2=O)c2ccccc2n1C. The van der Waals surface area contributed by atoms with Gasteiger partial charge in [-0.2, -0.15) is 0 Å². The molecule has 0 saturated carbocycles. The Labute approximate surface area is 159 Å². The van der Waals surface area contributed by atoms with Crippen molar-refractivity contribution in [1.82, 2.24) is 9.88 Å². The van der Waals surface area contributed by atoms with Gasteiger partial charge in [0.15, 0.2) is 0 Å². The first-order valence-corrected chi connectivity index (χ1v) is 8.59. The summed E-state index contributed by atoms with van der Waals surface area (Å²) in [5, 5.41) is 3.07. The van der Waals surface area contributed by atoms with Gasteiger partial charge in [-0.05, 0) is 43.3 Å². The summed E-state index contributed by atoms with van der Waals surface area (Å²) >= 11 is 0. The first-order chi connectivity index (χ1) is 13.4.